The molecule has 0 amide bonds. The highest BCUT2D eigenvalue weighted by Crippen LogP contribution is 2.47. The molecule has 3 heteroatoms. The van der Waals surface area contributed by atoms with Crippen molar-refractivity contribution >= 4 is 43.6 Å². The molecule has 0 spiro atoms. The standard InChI is InChI=1S/C36H22N2O/c1-2-10-25(11-3-1)37-30-14-6-4-12-26(30)28-20-23(18-19-32(28)37)24-21-29-27-13-5-7-15-31(27)38-33-16-8-9-17-34(33)39-35(22-24)36(29)38/h1-22H. The molecule has 3 heterocycles. The second-order valence-corrected chi connectivity index (χ2v) is 10.2. The summed E-state index contributed by atoms with van der Waals surface area (Å²) in [4.78, 5) is 0. The van der Waals surface area contributed by atoms with Crippen molar-refractivity contribution < 1.29 is 4.74 Å². The molecule has 6 aromatic carbocycles. The highest BCUT2D eigenvalue weighted by molar-refractivity contribution is 6.14. The van der Waals surface area contributed by atoms with Crippen LogP contribution in [-0.2, 0) is 0 Å². The summed E-state index contributed by atoms with van der Waals surface area (Å²) in [5, 5.41) is 4.94. The van der Waals surface area contributed by atoms with Gasteiger partial charge in [0.2, 0.25) is 0 Å². The van der Waals surface area contributed by atoms with E-state index in [0.29, 0.717) is 0 Å². The Bertz CT molecular complexity index is 2250. The van der Waals surface area contributed by atoms with Crippen molar-refractivity contribution in [3.8, 4) is 34.0 Å². The molecule has 0 radical (unpaired) electrons. The van der Waals surface area contributed by atoms with Gasteiger partial charge in [0.25, 0.3) is 0 Å². The Morgan fingerprint density at radius 1 is 0.410 bits per heavy atom. The summed E-state index contributed by atoms with van der Waals surface area (Å²) in [5.74, 6) is 1.77. The first-order valence-corrected chi connectivity index (χ1v) is 13.3. The highest BCUT2D eigenvalue weighted by atomic mass is 16.5. The van der Waals surface area contributed by atoms with Crippen LogP contribution in [0, 0.1) is 0 Å². The zero-order chi connectivity index (χ0) is 25.5. The minimum Gasteiger partial charge on any atom is -0.453 e. The lowest BCUT2D eigenvalue weighted by Crippen LogP contribution is -2.03. The van der Waals surface area contributed by atoms with Crippen LogP contribution in [-0.4, -0.2) is 9.13 Å². The molecule has 0 saturated carbocycles. The van der Waals surface area contributed by atoms with E-state index in [9.17, 15) is 0 Å². The number of nitrogens with zero attached hydrogens (tertiary/aromatic N) is 2. The van der Waals surface area contributed by atoms with Crippen molar-refractivity contribution in [3.05, 3.63) is 133 Å². The third kappa shape index (κ3) is 2.82. The van der Waals surface area contributed by atoms with Gasteiger partial charge in [-0.25, -0.2) is 0 Å². The molecule has 0 N–H and O–H groups in total. The molecule has 3 nitrogen and oxygen atoms in total. The third-order valence-corrected chi connectivity index (χ3v) is 8.08. The molecule has 182 valence electrons. The van der Waals surface area contributed by atoms with Crippen LogP contribution >= 0.6 is 0 Å². The fraction of sp³-hybridized carbons (Fsp3) is 0. The molecule has 0 bridgehead atoms. The van der Waals surface area contributed by atoms with Gasteiger partial charge in [0.05, 0.1) is 27.8 Å². The fourth-order valence-electron chi connectivity index (χ4n) is 6.41. The Hall–Kier alpha value is -5.28. The van der Waals surface area contributed by atoms with Crippen molar-refractivity contribution in [2.45, 2.75) is 0 Å². The maximum atomic E-state index is 6.54. The first-order chi connectivity index (χ1) is 19.3. The molecule has 0 unspecified atom stereocenters. The number of hydrogen-bond donors (Lipinski definition) is 0. The van der Waals surface area contributed by atoms with Gasteiger partial charge in [0, 0.05) is 27.2 Å². The number of hydrogen-bond acceptors (Lipinski definition) is 1. The van der Waals surface area contributed by atoms with Crippen LogP contribution < -0.4 is 4.74 Å². The maximum Gasteiger partial charge on any atom is 0.152 e. The Kier molecular flexibility index (Phi) is 4.05. The minimum atomic E-state index is 0.881. The van der Waals surface area contributed by atoms with Gasteiger partial charge in [-0.1, -0.05) is 72.8 Å². The Balaban J connectivity index is 1.33. The van der Waals surface area contributed by atoms with Crippen molar-refractivity contribution in [3.63, 3.8) is 0 Å². The molecule has 0 atom stereocenters. The van der Waals surface area contributed by atoms with Gasteiger partial charge in [0.1, 0.15) is 0 Å². The predicted molar refractivity (Wildman–Crippen MR) is 161 cm³/mol. The number of rotatable bonds is 2. The van der Waals surface area contributed by atoms with Crippen molar-refractivity contribution in [1.82, 2.24) is 9.13 Å². The topological polar surface area (TPSA) is 19.1 Å². The van der Waals surface area contributed by atoms with Gasteiger partial charge in [-0.15, -0.1) is 0 Å². The summed E-state index contributed by atoms with van der Waals surface area (Å²) in [6.45, 7) is 0. The van der Waals surface area contributed by atoms with E-state index in [1.807, 2.05) is 6.07 Å². The fourth-order valence-corrected chi connectivity index (χ4v) is 6.41. The molecule has 2 aromatic heterocycles. The van der Waals surface area contributed by atoms with Gasteiger partial charge in [0.15, 0.2) is 11.5 Å². The number of fused-ring (bicyclic) bond motifs is 8. The number of para-hydroxylation sites is 5. The second kappa shape index (κ2) is 7.62. The summed E-state index contributed by atoms with van der Waals surface area (Å²) in [5.41, 5.74) is 9.32. The first-order valence-electron chi connectivity index (χ1n) is 13.3. The van der Waals surface area contributed by atoms with Crippen LogP contribution in [0.5, 0.6) is 11.5 Å². The van der Waals surface area contributed by atoms with Crippen LogP contribution in [0.15, 0.2) is 133 Å². The lowest BCUT2D eigenvalue weighted by Gasteiger charge is -2.21. The molecule has 0 aliphatic carbocycles. The smallest absolute Gasteiger partial charge is 0.152 e. The third-order valence-electron chi connectivity index (χ3n) is 8.08. The molecule has 1 aliphatic rings. The maximum absolute atomic E-state index is 6.54. The van der Waals surface area contributed by atoms with Crippen molar-refractivity contribution in [2.75, 3.05) is 0 Å². The quantitative estimate of drug-likeness (QED) is 0.232. The minimum absolute atomic E-state index is 0.881. The predicted octanol–water partition coefficient (Wildman–Crippen LogP) is 9.65. The van der Waals surface area contributed by atoms with E-state index in [2.05, 4.69) is 137 Å². The van der Waals surface area contributed by atoms with E-state index in [-0.39, 0.29) is 0 Å². The van der Waals surface area contributed by atoms with Crippen molar-refractivity contribution in [1.29, 1.82) is 0 Å². The van der Waals surface area contributed by atoms with Gasteiger partial charge >= 0.3 is 0 Å². The van der Waals surface area contributed by atoms with Gasteiger partial charge in [-0.3, -0.25) is 0 Å². The average molecular weight is 499 g/mol. The largest absolute Gasteiger partial charge is 0.453 e. The van der Waals surface area contributed by atoms with Gasteiger partial charge < -0.3 is 13.9 Å². The molecule has 39 heavy (non-hydrogen) atoms. The molecular formula is C36H22N2O. The van der Waals surface area contributed by atoms with Crippen LogP contribution in [0.1, 0.15) is 0 Å². The van der Waals surface area contributed by atoms with Crippen LogP contribution in [0.4, 0.5) is 0 Å². The number of benzene rings is 6. The normalized spacial score (nSPS) is 12.3. The van der Waals surface area contributed by atoms with Gasteiger partial charge in [-0.05, 0) is 71.8 Å². The van der Waals surface area contributed by atoms with Crippen LogP contribution in [0.2, 0.25) is 0 Å². The molecule has 9 rings (SSSR count). The lowest BCUT2D eigenvalue weighted by molar-refractivity contribution is 0.476. The Morgan fingerprint density at radius 3 is 1.90 bits per heavy atom. The van der Waals surface area contributed by atoms with Crippen molar-refractivity contribution in [2.24, 2.45) is 0 Å². The Morgan fingerprint density at radius 2 is 1.05 bits per heavy atom. The lowest BCUT2D eigenvalue weighted by atomic mass is 9.99. The molecule has 0 saturated heterocycles. The zero-order valence-corrected chi connectivity index (χ0v) is 21.0. The summed E-state index contributed by atoms with van der Waals surface area (Å²) >= 11 is 0. The number of ether oxygens (including phenoxy) is 1. The van der Waals surface area contributed by atoms with E-state index in [1.165, 1.54) is 49.3 Å². The van der Waals surface area contributed by atoms with E-state index in [4.69, 9.17) is 4.74 Å². The summed E-state index contributed by atoms with van der Waals surface area (Å²) < 4.78 is 11.2. The van der Waals surface area contributed by atoms with E-state index >= 15 is 0 Å². The van der Waals surface area contributed by atoms with Crippen LogP contribution in [0.25, 0.3) is 66.1 Å². The first kappa shape index (κ1) is 20.7. The molecule has 1 aliphatic heterocycles. The summed E-state index contributed by atoms with van der Waals surface area (Å²) in [6.07, 6.45) is 0. The highest BCUT2D eigenvalue weighted by Gasteiger charge is 2.24. The van der Waals surface area contributed by atoms with E-state index < -0.39 is 0 Å². The zero-order valence-electron chi connectivity index (χ0n) is 21.0. The van der Waals surface area contributed by atoms with Crippen LogP contribution in [0.3, 0.4) is 0 Å². The number of aromatic nitrogens is 2. The van der Waals surface area contributed by atoms with Gasteiger partial charge in [-0.2, -0.15) is 0 Å². The SMILES string of the molecule is c1ccc(-n2c3ccccc3c3cc(-c4cc5c6c(c4)c4ccccc4n6-c4ccccc4O5)ccc32)cc1. The average Bonchev–Trinajstić information content (AvgIpc) is 3.51. The summed E-state index contributed by atoms with van der Waals surface area (Å²) in [7, 11) is 0. The van der Waals surface area contributed by atoms with E-state index in [1.54, 1.807) is 0 Å². The Labute approximate surface area is 224 Å². The van der Waals surface area contributed by atoms with E-state index in [0.717, 1.165) is 28.3 Å². The second-order valence-electron chi connectivity index (χ2n) is 10.2. The molecule has 8 aromatic rings. The monoisotopic (exact) mass is 498 g/mol. The molecular weight excluding hydrogens is 476 g/mol. The summed E-state index contributed by atoms with van der Waals surface area (Å²) in [6, 6.07) is 47.6. The molecule has 0 fully saturated rings.